The van der Waals surface area contributed by atoms with E-state index < -0.39 is 0 Å². The minimum atomic E-state index is -0.337. The fraction of sp³-hybridized carbons (Fsp3) is 0.391. The highest BCUT2D eigenvalue weighted by Crippen LogP contribution is 2.35. The van der Waals surface area contributed by atoms with Crippen LogP contribution in [0, 0.1) is 5.82 Å². The highest BCUT2D eigenvalue weighted by Gasteiger charge is 2.14. The van der Waals surface area contributed by atoms with E-state index in [9.17, 15) is 4.39 Å². The molecule has 0 aliphatic carbocycles. The standard InChI is InChI=1S/C23H26ClFN4O3/c1-30-21-13-20-18(12-22(21)32-8-2-5-29-6-9-31-10-7-29)23(27-15-26-20)28-17-3-4-19(25)16(11-17)14-24/h3-4,11-13,15H,2,5-10,14H2,1H3,(H,26,27,28). The molecule has 1 saturated heterocycles. The quantitative estimate of drug-likeness (QED) is 0.376. The SMILES string of the molecule is COc1cc2ncnc(Nc3ccc(F)c(CCl)c3)c2cc1OCCCN1CCOCC1. The Balaban J connectivity index is 1.51. The Labute approximate surface area is 191 Å². The number of nitrogens with zero attached hydrogens (tertiary/aromatic N) is 3. The molecule has 2 heterocycles. The molecule has 32 heavy (non-hydrogen) atoms. The summed E-state index contributed by atoms with van der Waals surface area (Å²) < 4.78 is 30.7. The third kappa shape index (κ3) is 5.38. The van der Waals surface area contributed by atoms with Crippen LogP contribution in [0.1, 0.15) is 12.0 Å². The van der Waals surface area contributed by atoms with Crippen LogP contribution in [0.2, 0.25) is 0 Å². The van der Waals surface area contributed by atoms with Gasteiger partial charge in [0, 0.05) is 42.3 Å². The van der Waals surface area contributed by atoms with Crippen molar-refractivity contribution in [1.82, 2.24) is 14.9 Å². The van der Waals surface area contributed by atoms with Crippen molar-refractivity contribution in [2.75, 3.05) is 51.9 Å². The third-order valence-corrected chi connectivity index (χ3v) is 5.64. The van der Waals surface area contributed by atoms with Gasteiger partial charge in [-0.1, -0.05) is 0 Å². The van der Waals surface area contributed by atoms with Crippen LogP contribution >= 0.6 is 11.6 Å². The maximum atomic E-state index is 13.8. The first-order valence-corrected chi connectivity index (χ1v) is 11.1. The van der Waals surface area contributed by atoms with Crippen molar-refractivity contribution in [3.8, 4) is 11.5 Å². The minimum absolute atomic E-state index is 0.0888. The summed E-state index contributed by atoms with van der Waals surface area (Å²) in [5.74, 6) is 1.57. The van der Waals surface area contributed by atoms with Gasteiger partial charge >= 0.3 is 0 Å². The first-order chi connectivity index (χ1) is 15.7. The number of fused-ring (bicyclic) bond motifs is 1. The van der Waals surface area contributed by atoms with E-state index in [0.29, 0.717) is 40.7 Å². The molecule has 9 heteroatoms. The molecule has 4 rings (SSSR count). The molecule has 1 aliphatic rings. The summed E-state index contributed by atoms with van der Waals surface area (Å²) >= 11 is 5.83. The fourth-order valence-corrected chi connectivity index (χ4v) is 3.83. The van der Waals surface area contributed by atoms with E-state index in [1.165, 1.54) is 12.4 Å². The van der Waals surface area contributed by atoms with Gasteiger partial charge < -0.3 is 19.5 Å². The first-order valence-electron chi connectivity index (χ1n) is 10.5. The van der Waals surface area contributed by atoms with Crippen LogP contribution in [0.4, 0.5) is 15.9 Å². The van der Waals surface area contributed by atoms with Crippen LogP contribution in [0.15, 0.2) is 36.7 Å². The molecule has 1 N–H and O–H groups in total. The van der Waals surface area contributed by atoms with Gasteiger partial charge in [-0.2, -0.15) is 0 Å². The van der Waals surface area contributed by atoms with E-state index in [1.54, 1.807) is 19.2 Å². The molecule has 0 amide bonds. The van der Waals surface area contributed by atoms with Crippen molar-refractivity contribution in [3.63, 3.8) is 0 Å². The predicted molar refractivity (Wildman–Crippen MR) is 123 cm³/mol. The Bertz CT molecular complexity index is 1060. The molecule has 0 bridgehead atoms. The van der Waals surface area contributed by atoms with Gasteiger partial charge in [-0.15, -0.1) is 11.6 Å². The Kier molecular flexibility index (Phi) is 7.57. The van der Waals surface area contributed by atoms with Crippen molar-refractivity contribution in [2.24, 2.45) is 0 Å². The zero-order valence-electron chi connectivity index (χ0n) is 17.9. The summed E-state index contributed by atoms with van der Waals surface area (Å²) in [7, 11) is 1.61. The van der Waals surface area contributed by atoms with Crippen LogP contribution in [0.3, 0.4) is 0 Å². The number of ether oxygens (including phenoxy) is 3. The molecule has 1 aromatic heterocycles. The number of morpholine rings is 1. The van der Waals surface area contributed by atoms with Gasteiger partial charge in [-0.3, -0.25) is 4.90 Å². The van der Waals surface area contributed by atoms with Crippen molar-refractivity contribution >= 4 is 34.0 Å². The molecule has 0 spiro atoms. The number of methoxy groups -OCH3 is 1. The monoisotopic (exact) mass is 460 g/mol. The molecule has 0 saturated carbocycles. The lowest BCUT2D eigenvalue weighted by atomic mass is 10.2. The Morgan fingerprint density at radius 1 is 1.16 bits per heavy atom. The van der Waals surface area contributed by atoms with Gasteiger partial charge in [0.2, 0.25) is 0 Å². The number of alkyl halides is 1. The Hall–Kier alpha value is -2.68. The normalized spacial score (nSPS) is 14.5. The lowest BCUT2D eigenvalue weighted by Crippen LogP contribution is -2.37. The summed E-state index contributed by atoms with van der Waals surface area (Å²) in [6.45, 7) is 5.02. The van der Waals surface area contributed by atoms with Gasteiger partial charge in [-0.05, 0) is 30.7 Å². The number of halogens is 2. The molecule has 0 unspecified atom stereocenters. The van der Waals surface area contributed by atoms with E-state index in [1.807, 2.05) is 12.1 Å². The van der Waals surface area contributed by atoms with Crippen LogP contribution in [-0.4, -0.2) is 61.4 Å². The average Bonchev–Trinajstić information content (AvgIpc) is 2.83. The van der Waals surface area contributed by atoms with Crippen molar-refractivity contribution in [1.29, 1.82) is 0 Å². The molecular formula is C23H26ClFN4O3. The van der Waals surface area contributed by atoms with Gasteiger partial charge in [0.1, 0.15) is 18.0 Å². The number of aromatic nitrogens is 2. The highest BCUT2D eigenvalue weighted by molar-refractivity contribution is 6.17. The zero-order valence-corrected chi connectivity index (χ0v) is 18.7. The maximum Gasteiger partial charge on any atom is 0.162 e. The average molecular weight is 461 g/mol. The van der Waals surface area contributed by atoms with E-state index >= 15 is 0 Å². The zero-order chi connectivity index (χ0) is 22.3. The number of anilines is 2. The maximum absolute atomic E-state index is 13.8. The Morgan fingerprint density at radius 3 is 2.78 bits per heavy atom. The van der Waals surface area contributed by atoms with Crippen molar-refractivity contribution in [2.45, 2.75) is 12.3 Å². The molecule has 170 valence electrons. The van der Waals surface area contributed by atoms with Gasteiger partial charge in [-0.25, -0.2) is 14.4 Å². The topological polar surface area (TPSA) is 68.7 Å². The van der Waals surface area contributed by atoms with Crippen LogP contribution < -0.4 is 14.8 Å². The van der Waals surface area contributed by atoms with E-state index in [4.69, 9.17) is 25.8 Å². The predicted octanol–water partition coefficient (Wildman–Crippen LogP) is 4.36. The number of hydrogen-bond donors (Lipinski definition) is 1. The van der Waals surface area contributed by atoms with Crippen LogP contribution in [-0.2, 0) is 10.6 Å². The largest absolute Gasteiger partial charge is 0.493 e. The summed E-state index contributed by atoms with van der Waals surface area (Å²) in [5.41, 5.74) is 1.81. The first kappa shape index (κ1) is 22.5. The summed E-state index contributed by atoms with van der Waals surface area (Å²) in [6.07, 6.45) is 2.37. The molecule has 7 nitrogen and oxygen atoms in total. The second kappa shape index (κ2) is 10.8. The molecule has 1 fully saturated rings. The molecule has 3 aromatic rings. The number of hydrogen-bond acceptors (Lipinski definition) is 7. The number of benzene rings is 2. The Morgan fingerprint density at radius 2 is 2.00 bits per heavy atom. The van der Waals surface area contributed by atoms with E-state index in [2.05, 4.69) is 20.2 Å². The summed E-state index contributed by atoms with van der Waals surface area (Å²) in [5, 5.41) is 4.00. The van der Waals surface area contributed by atoms with Crippen LogP contribution in [0.25, 0.3) is 10.9 Å². The number of nitrogens with one attached hydrogen (secondary N) is 1. The minimum Gasteiger partial charge on any atom is -0.493 e. The second-order valence-electron chi connectivity index (χ2n) is 7.46. The molecule has 1 aliphatic heterocycles. The third-order valence-electron chi connectivity index (χ3n) is 5.35. The second-order valence-corrected chi connectivity index (χ2v) is 7.73. The van der Waals surface area contributed by atoms with Crippen LogP contribution in [0.5, 0.6) is 11.5 Å². The molecule has 0 atom stereocenters. The lowest BCUT2D eigenvalue weighted by molar-refractivity contribution is 0.0357. The van der Waals surface area contributed by atoms with E-state index in [-0.39, 0.29) is 11.7 Å². The van der Waals surface area contributed by atoms with E-state index in [0.717, 1.165) is 44.7 Å². The molecule has 0 radical (unpaired) electrons. The van der Waals surface area contributed by atoms with Gasteiger partial charge in [0.25, 0.3) is 0 Å². The lowest BCUT2D eigenvalue weighted by Gasteiger charge is -2.26. The van der Waals surface area contributed by atoms with Gasteiger partial charge in [0.05, 0.1) is 38.3 Å². The van der Waals surface area contributed by atoms with Crippen molar-refractivity contribution < 1.29 is 18.6 Å². The fourth-order valence-electron chi connectivity index (χ4n) is 3.62. The molecule has 2 aromatic carbocycles. The smallest absolute Gasteiger partial charge is 0.162 e. The summed E-state index contributed by atoms with van der Waals surface area (Å²) in [6, 6.07) is 8.40. The highest BCUT2D eigenvalue weighted by atomic mass is 35.5. The van der Waals surface area contributed by atoms with Gasteiger partial charge in [0.15, 0.2) is 11.5 Å². The molecular weight excluding hydrogens is 435 g/mol. The number of rotatable bonds is 9. The summed E-state index contributed by atoms with van der Waals surface area (Å²) in [4.78, 5) is 11.1. The van der Waals surface area contributed by atoms with Crippen molar-refractivity contribution in [3.05, 3.63) is 48.0 Å².